The number of hydrogen-bond donors (Lipinski definition) is 5. The molecule has 146 valence electrons. The van der Waals surface area contributed by atoms with Gasteiger partial charge in [-0.05, 0) is 38.5 Å². The van der Waals surface area contributed by atoms with Crippen molar-refractivity contribution in [1.82, 2.24) is 19.9 Å². The van der Waals surface area contributed by atoms with Crippen molar-refractivity contribution in [3.63, 3.8) is 0 Å². The first-order valence-electron chi connectivity index (χ1n) is 9.66. The smallest absolute Gasteiger partial charge is 0.239 e. The van der Waals surface area contributed by atoms with Crippen LogP contribution in [0.3, 0.4) is 0 Å². The Morgan fingerprint density at radius 1 is 1.19 bits per heavy atom. The molecule has 0 saturated heterocycles. The van der Waals surface area contributed by atoms with Crippen molar-refractivity contribution in [3.8, 4) is 0 Å². The minimum absolute atomic E-state index is 0.115. The van der Waals surface area contributed by atoms with E-state index in [-0.39, 0.29) is 18.6 Å². The highest BCUT2D eigenvalue weighted by Crippen LogP contribution is 2.29. The fourth-order valence-corrected chi connectivity index (χ4v) is 3.52. The van der Waals surface area contributed by atoms with Crippen LogP contribution >= 0.6 is 0 Å². The molecule has 6 N–H and O–H groups in total. The molecular formula is C18H27N7O2. The standard InChI is InChI=1S/C18H27N7O2/c19-14(10-26)18(27)23-13-5-3-12(4-6-13)22-16-9-15(21-11-1-2-11)17-20-7-8-25(17)24-16/h7-9,11-14,21,26H,1-6,10,19H2,(H,22,24)(H,23,27)/t12?,13?,14-/m1/s1. The topological polar surface area (TPSA) is 130 Å². The van der Waals surface area contributed by atoms with Crippen LogP contribution in [0.25, 0.3) is 5.65 Å². The maximum Gasteiger partial charge on any atom is 0.239 e. The third-order valence-corrected chi connectivity index (χ3v) is 5.26. The summed E-state index contributed by atoms with van der Waals surface area (Å²) in [7, 11) is 0. The lowest BCUT2D eigenvalue weighted by Crippen LogP contribution is -2.48. The fourth-order valence-electron chi connectivity index (χ4n) is 3.52. The van der Waals surface area contributed by atoms with Gasteiger partial charge < -0.3 is 26.8 Å². The van der Waals surface area contributed by atoms with Crippen LogP contribution in [0.1, 0.15) is 38.5 Å². The van der Waals surface area contributed by atoms with E-state index in [4.69, 9.17) is 10.8 Å². The summed E-state index contributed by atoms with van der Waals surface area (Å²) < 4.78 is 1.80. The number of carbonyl (C=O) groups is 1. The van der Waals surface area contributed by atoms with Crippen molar-refractivity contribution in [3.05, 3.63) is 18.5 Å². The monoisotopic (exact) mass is 373 g/mol. The molecule has 9 heteroatoms. The minimum Gasteiger partial charge on any atom is -0.394 e. The fraction of sp³-hybridized carbons (Fsp3) is 0.611. The number of aliphatic hydroxyl groups is 1. The number of hydrogen-bond acceptors (Lipinski definition) is 7. The number of nitrogens with one attached hydrogen (secondary N) is 3. The van der Waals surface area contributed by atoms with Crippen LogP contribution in [0.4, 0.5) is 11.5 Å². The maximum absolute atomic E-state index is 11.8. The Bertz CT molecular complexity index is 796. The summed E-state index contributed by atoms with van der Waals surface area (Å²) in [5, 5.41) is 23.5. The number of aromatic nitrogens is 3. The first-order valence-corrected chi connectivity index (χ1v) is 9.66. The molecule has 2 saturated carbocycles. The Balaban J connectivity index is 1.35. The summed E-state index contributed by atoms with van der Waals surface area (Å²) in [5.41, 5.74) is 7.42. The van der Waals surface area contributed by atoms with Crippen molar-refractivity contribution in [2.75, 3.05) is 17.2 Å². The molecule has 2 aliphatic carbocycles. The highest BCUT2D eigenvalue weighted by atomic mass is 16.3. The zero-order valence-corrected chi connectivity index (χ0v) is 15.3. The van der Waals surface area contributed by atoms with Gasteiger partial charge in [0.2, 0.25) is 5.91 Å². The van der Waals surface area contributed by atoms with Crippen LogP contribution in [-0.4, -0.2) is 56.4 Å². The zero-order chi connectivity index (χ0) is 18.8. The second-order valence-electron chi connectivity index (χ2n) is 7.55. The number of amides is 1. The van der Waals surface area contributed by atoms with Crippen LogP contribution in [-0.2, 0) is 4.79 Å². The molecule has 2 aliphatic rings. The van der Waals surface area contributed by atoms with E-state index in [1.807, 2.05) is 12.3 Å². The summed E-state index contributed by atoms with van der Waals surface area (Å²) in [6, 6.07) is 2.17. The molecule has 4 rings (SSSR count). The first kappa shape index (κ1) is 18.0. The molecule has 2 fully saturated rings. The quantitative estimate of drug-likeness (QED) is 0.477. The average molecular weight is 373 g/mol. The van der Waals surface area contributed by atoms with Crippen LogP contribution in [0, 0.1) is 0 Å². The Hall–Kier alpha value is -2.39. The van der Waals surface area contributed by atoms with Gasteiger partial charge in [0, 0.05) is 36.6 Å². The number of rotatable bonds is 7. The number of aliphatic hydroxyl groups excluding tert-OH is 1. The van der Waals surface area contributed by atoms with Crippen molar-refractivity contribution < 1.29 is 9.90 Å². The molecule has 0 spiro atoms. The van der Waals surface area contributed by atoms with Crippen LogP contribution < -0.4 is 21.7 Å². The van der Waals surface area contributed by atoms with E-state index in [9.17, 15) is 4.79 Å². The average Bonchev–Trinajstić information content (AvgIpc) is 3.36. The van der Waals surface area contributed by atoms with Gasteiger partial charge in [-0.2, -0.15) is 0 Å². The summed E-state index contributed by atoms with van der Waals surface area (Å²) in [4.78, 5) is 16.2. The van der Waals surface area contributed by atoms with Gasteiger partial charge >= 0.3 is 0 Å². The molecule has 27 heavy (non-hydrogen) atoms. The van der Waals surface area contributed by atoms with E-state index >= 15 is 0 Å². The van der Waals surface area contributed by atoms with E-state index in [0.717, 1.165) is 42.8 Å². The minimum atomic E-state index is -0.843. The van der Waals surface area contributed by atoms with Crippen molar-refractivity contribution in [2.45, 2.75) is 62.7 Å². The predicted molar refractivity (Wildman–Crippen MR) is 103 cm³/mol. The van der Waals surface area contributed by atoms with Crippen LogP contribution in [0.15, 0.2) is 18.5 Å². The molecule has 0 aromatic carbocycles. The van der Waals surface area contributed by atoms with Crippen LogP contribution in [0.2, 0.25) is 0 Å². The second kappa shape index (κ2) is 7.69. The van der Waals surface area contributed by atoms with Gasteiger partial charge in [0.15, 0.2) is 5.65 Å². The zero-order valence-electron chi connectivity index (χ0n) is 15.3. The molecule has 1 atom stereocenters. The largest absolute Gasteiger partial charge is 0.394 e. The Labute approximate surface area is 157 Å². The van der Waals surface area contributed by atoms with Gasteiger partial charge in [0.05, 0.1) is 12.3 Å². The third-order valence-electron chi connectivity index (χ3n) is 5.26. The van der Waals surface area contributed by atoms with Crippen LogP contribution in [0.5, 0.6) is 0 Å². The van der Waals surface area contributed by atoms with Gasteiger partial charge in [-0.3, -0.25) is 4.79 Å². The number of imidazole rings is 1. The number of fused-ring (bicyclic) bond motifs is 1. The molecule has 0 aliphatic heterocycles. The molecule has 0 bridgehead atoms. The molecule has 0 unspecified atom stereocenters. The normalized spacial score (nSPS) is 23.8. The van der Waals surface area contributed by atoms with Crippen molar-refractivity contribution in [1.29, 1.82) is 0 Å². The second-order valence-corrected chi connectivity index (χ2v) is 7.55. The maximum atomic E-state index is 11.8. The summed E-state index contributed by atoms with van der Waals surface area (Å²) >= 11 is 0. The highest BCUT2D eigenvalue weighted by molar-refractivity contribution is 5.81. The Kier molecular flexibility index (Phi) is 5.13. The van der Waals surface area contributed by atoms with Gasteiger partial charge in [0.25, 0.3) is 0 Å². The molecule has 9 nitrogen and oxygen atoms in total. The molecule has 2 aromatic rings. The first-order chi connectivity index (χ1) is 13.1. The lowest BCUT2D eigenvalue weighted by atomic mass is 9.91. The Morgan fingerprint density at radius 2 is 1.85 bits per heavy atom. The number of nitrogens with zero attached hydrogens (tertiary/aromatic N) is 3. The van der Waals surface area contributed by atoms with Gasteiger partial charge in [-0.15, -0.1) is 5.10 Å². The van der Waals surface area contributed by atoms with Crippen molar-refractivity contribution >= 4 is 23.1 Å². The molecule has 2 aromatic heterocycles. The van der Waals surface area contributed by atoms with E-state index < -0.39 is 6.04 Å². The van der Waals surface area contributed by atoms with Gasteiger partial charge in [-0.1, -0.05) is 0 Å². The Morgan fingerprint density at radius 3 is 2.56 bits per heavy atom. The summed E-state index contributed by atoms with van der Waals surface area (Å²) in [6.07, 6.45) is 9.65. The van der Waals surface area contributed by atoms with E-state index in [0.29, 0.717) is 12.1 Å². The molecule has 0 radical (unpaired) electrons. The third kappa shape index (κ3) is 4.30. The van der Waals surface area contributed by atoms with Gasteiger partial charge in [-0.25, -0.2) is 9.50 Å². The lowest BCUT2D eigenvalue weighted by Gasteiger charge is -2.30. The van der Waals surface area contributed by atoms with Crippen molar-refractivity contribution in [2.24, 2.45) is 5.73 Å². The number of nitrogens with two attached hydrogens (primary N) is 1. The lowest BCUT2D eigenvalue weighted by molar-refractivity contribution is -0.124. The SMILES string of the molecule is N[C@H](CO)C(=O)NC1CCC(Nc2cc(NC3CC3)c3nccn3n2)CC1. The molecule has 1 amide bonds. The van der Waals surface area contributed by atoms with Gasteiger partial charge in [0.1, 0.15) is 11.9 Å². The summed E-state index contributed by atoms with van der Waals surface area (Å²) in [6.45, 7) is -0.331. The summed E-state index contributed by atoms with van der Waals surface area (Å²) in [5.74, 6) is 0.551. The predicted octanol–water partition coefficient (Wildman–Crippen LogP) is 0.463. The number of carbonyl (C=O) groups excluding carboxylic acids is 1. The van der Waals surface area contributed by atoms with E-state index in [2.05, 4.69) is 26.0 Å². The molecular weight excluding hydrogens is 346 g/mol. The molecule has 2 heterocycles. The highest BCUT2D eigenvalue weighted by Gasteiger charge is 2.25. The van der Waals surface area contributed by atoms with E-state index in [1.165, 1.54) is 12.8 Å². The van der Waals surface area contributed by atoms with E-state index in [1.54, 1.807) is 10.7 Å². The number of anilines is 2.